The van der Waals surface area contributed by atoms with E-state index in [1.165, 1.54) is 6.20 Å². The number of aryl methyl sites for hydroxylation is 2. The van der Waals surface area contributed by atoms with Crippen LogP contribution < -0.4 is 0 Å². The van der Waals surface area contributed by atoms with Gasteiger partial charge in [0.1, 0.15) is 0 Å². The van der Waals surface area contributed by atoms with Gasteiger partial charge in [0.05, 0.1) is 5.69 Å². The summed E-state index contributed by atoms with van der Waals surface area (Å²) in [7, 11) is 0. The number of hydrogen-bond donors (Lipinski definition) is 0. The van der Waals surface area contributed by atoms with Crippen LogP contribution in [0.5, 0.6) is 0 Å². The molecule has 0 fully saturated rings. The minimum atomic E-state index is -2.52. The lowest BCUT2D eigenvalue weighted by molar-refractivity contribution is 0.0562. The smallest absolute Gasteiger partial charge is 0.211 e. The maximum atomic E-state index is 12.0. The summed E-state index contributed by atoms with van der Waals surface area (Å²) < 4.78 is 24.7. The van der Waals surface area contributed by atoms with E-state index in [0.29, 0.717) is 10.4 Å². The minimum Gasteiger partial charge on any atom is -0.211 e. The molecular weight excluding hydrogens is 150 g/mol. The predicted molar refractivity (Wildman–Crippen MR) is 37.6 cm³/mol. The number of nitrogens with zero attached hydrogens (tertiary/aromatic N) is 2. The molecule has 0 atom stereocenters. The topological polar surface area (TPSA) is 17.8 Å². The lowest BCUT2D eigenvalue weighted by Gasteiger charge is -1.94. The average Bonchev–Trinajstić information content (AvgIpc) is 2.31. The zero-order valence-corrected chi connectivity index (χ0v) is 6.51. The largest absolute Gasteiger partial charge is 0.333 e. The van der Waals surface area contributed by atoms with E-state index in [2.05, 4.69) is 5.10 Å². The molecule has 1 aromatic rings. The first kappa shape index (κ1) is 8.17. The van der Waals surface area contributed by atoms with Crippen LogP contribution in [-0.2, 0) is 6.42 Å². The maximum absolute atomic E-state index is 12.0. The van der Waals surface area contributed by atoms with Gasteiger partial charge in [0, 0.05) is 6.20 Å². The molecule has 62 valence electrons. The van der Waals surface area contributed by atoms with Crippen LogP contribution in [0, 0.1) is 6.92 Å². The van der Waals surface area contributed by atoms with Crippen LogP contribution in [0.25, 0.3) is 0 Å². The highest BCUT2D eigenvalue weighted by molar-refractivity contribution is 5.14. The Morgan fingerprint density at radius 1 is 1.64 bits per heavy atom. The molecule has 0 saturated heterocycles. The second-order valence-electron chi connectivity index (χ2n) is 2.35. The molecule has 0 aliphatic carbocycles. The van der Waals surface area contributed by atoms with Crippen molar-refractivity contribution in [2.24, 2.45) is 0 Å². The number of rotatable bonds is 2. The lowest BCUT2D eigenvalue weighted by Crippen LogP contribution is -1.97. The average molecular weight is 160 g/mol. The first-order chi connectivity index (χ1) is 5.15. The summed E-state index contributed by atoms with van der Waals surface area (Å²) >= 11 is 0. The number of alkyl halides is 2. The summed E-state index contributed by atoms with van der Waals surface area (Å²) in [5.41, 5.74) is 1.57. The summed E-state index contributed by atoms with van der Waals surface area (Å²) in [4.78, 5) is 0. The second-order valence-corrected chi connectivity index (χ2v) is 2.35. The lowest BCUT2D eigenvalue weighted by atomic mass is 10.2. The van der Waals surface area contributed by atoms with Crippen LogP contribution in [0.1, 0.15) is 24.7 Å². The quantitative estimate of drug-likeness (QED) is 0.648. The Hall–Kier alpha value is -0.930. The highest BCUT2D eigenvalue weighted by Gasteiger charge is 2.09. The zero-order chi connectivity index (χ0) is 8.43. The van der Waals surface area contributed by atoms with Crippen LogP contribution in [0.2, 0.25) is 0 Å². The zero-order valence-electron chi connectivity index (χ0n) is 6.51. The van der Waals surface area contributed by atoms with Gasteiger partial charge >= 0.3 is 6.55 Å². The van der Waals surface area contributed by atoms with Gasteiger partial charge in [-0.1, -0.05) is 6.92 Å². The van der Waals surface area contributed by atoms with Gasteiger partial charge in [-0.15, -0.1) is 0 Å². The van der Waals surface area contributed by atoms with Gasteiger partial charge < -0.3 is 0 Å². The van der Waals surface area contributed by atoms with E-state index in [4.69, 9.17) is 0 Å². The Morgan fingerprint density at radius 3 is 2.55 bits per heavy atom. The van der Waals surface area contributed by atoms with Crippen molar-refractivity contribution >= 4 is 0 Å². The van der Waals surface area contributed by atoms with E-state index in [1.807, 2.05) is 6.92 Å². The summed E-state index contributed by atoms with van der Waals surface area (Å²) in [6.07, 6.45) is 2.14. The molecule has 0 radical (unpaired) electrons. The highest BCUT2D eigenvalue weighted by Crippen LogP contribution is 2.13. The minimum absolute atomic E-state index is 0.688. The van der Waals surface area contributed by atoms with Crippen molar-refractivity contribution in [1.29, 1.82) is 0 Å². The van der Waals surface area contributed by atoms with Crippen molar-refractivity contribution in [2.75, 3.05) is 0 Å². The molecule has 4 heteroatoms. The van der Waals surface area contributed by atoms with Gasteiger partial charge in [-0.3, -0.25) is 0 Å². The summed E-state index contributed by atoms with van der Waals surface area (Å²) in [6.45, 7) is 1.13. The second kappa shape index (κ2) is 2.98. The van der Waals surface area contributed by atoms with Crippen molar-refractivity contribution in [3.8, 4) is 0 Å². The fourth-order valence-electron chi connectivity index (χ4n) is 0.966. The van der Waals surface area contributed by atoms with Gasteiger partial charge in [-0.05, 0) is 18.9 Å². The van der Waals surface area contributed by atoms with Crippen molar-refractivity contribution < 1.29 is 8.78 Å². The van der Waals surface area contributed by atoms with E-state index < -0.39 is 6.55 Å². The van der Waals surface area contributed by atoms with Crippen LogP contribution in [0.4, 0.5) is 8.78 Å². The van der Waals surface area contributed by atoms with Gasteiger partial charge in [0.15, 0.2) is 0 Å². The molecule has 2 nitrogen and oxygen atoms in total. The first-order valence-corrected chi connectivity index (χ1v) is 3.48. The maximum Gasteiger partial charge on any atom is 0.333 e. The van der Waals surface area contributed by atoms with Crippen molar-refractivity contribution in [3.05, 3.63) is 17.5 Å². The Kier molecular flexibility index (Phi) is 2.22. The molecule has 1 heterocycles. The molecule has 0 amide bonds. The Bertz CT molecular complexity index is 243. The van der Waals surface area contributed by atoms with Crippen molar-refractivity contribution in [1.82, 2.24) is 9.78 Å². The molecule has 0 saturated carbocycles. The summed E-state index contributed by atoms with van der Waals surface area (Å²) in [5, 5.41) is 3.65. The van der Waals surface area contributed by atoms with Crippen LogP contribution in [0.15, 0.2) is 6.20 Å². The Labute approximate surface area is 63.8 Å². The standard InChI is InChI=1S/C7H10F2N2/c1-3-6-4-11(7(8)9)10-5(6)2/h4,7H,3H2,1-2H3. The SMILES string of the molecule is CCc1cn(C(F)F)nc1C. The number of hydrogen-bond acceptors (Lipinski definition) is 1. The fraction of sp³-hybridized carbons (Fsp3) is 0.571. The molecule has 0 unspecified atom stereocenters. The van der Waals surface area contributed by atoms with Gasteiger partial charge in [-0.25, -0.2) is 4.68 Å². The molecule has 0 N–H and O–H groups in total. The predicted octanol–water partition coefficient (Wildman–Crippen LogP) is 2.15. The molecule has 0 spiro atoms. The Balaban J connectivity index is 2.95. The van der Waals surface area contributed by atoms with Crippen LogP contribution >= 0.6 is 0 Å². The van der Waals surface area contributed by atoms with E-state index in [1.54, 1.807) is 6.92 Å². The summed E-state index contributed by atoms with van der Waals surface area (Å²) in [5.74, 6) is 0. The van der Waals surface area contributed by atoms with E-state index in [0.717, 1.165) is 12.0 Å². The van der Waals surface area contributed by atoms with Crippen LogP contribution in [0.3, 0.4) is 0 Å². The number of aromatic nitrogens is 2. The first-order valence-electron chi connectivity index (χ1n) is 3.48. The third-order valence-electron chi connectivity index (χ3n) is 1.60. The third-order valence-corrected chi connectivity index (χ3v) is 1.60. The normalized spacial score (nSPS) is 11.0. The molecule has 0 aliphatic rings. The molecule has 1 rings (SSSR count). The molecule has 11 heavy (non-hydrogen) atoms. The van der Waals surface area contributed by atoms with Gasteiger partial charge in [0.2, 0.25) is 0 Å². The van der Waals surface area contributed by atoms with E-state index in [9.17, 15) is 8.78 Å². The molecule has 1 aromatic heterocycles. The molecule has 0 aromatic carbocycles. The van der Waals surface area contributed by atoms with Crippen LogP contribution in [-0.4, -0.2) is 9.78 Å². The monoisotopic (exact) mass is 160 g/mol. The fourth-order valence-corrected chi connectivity index (χ4v) is 0.966. The van der Waals surface area contributed by atoms with Crippen molar-refractivity contribution in [2.45, 2.75) is 26.8 Å². The molecular formula is C7H10F2N2. The third kappa shape index (κ3) is 1.56. The molecule has 0 aliphatic heterocycles. The Morgan fingerprint density at radius 2 is 2.27 bits per heavy atom. The molecule has 0 bridgehead atoms. The van der Waals surface area contributed by atoms with Crippen molar-refractivity contribution in [3.63, 3.8) is 0 Å². The van der Waals surface area contributed by atoms with E-state index in [-0.39, 0.29) is 0 Å². The summed E-state index contributed by atoms with van der Waals surface area (Å²) in [6, 6.07) is 0. The highest BCUT2D eigenvalue weighted by atomic mass is 19.3. The number of halogens is 2. The van der Waals surface area contributed by atoms with E-state index >= 15 is 0 Å². The van der Waals surface area contributed by atoms with Gasteiger partial charge in [0.25, 0.3) is 0 Å². The van der Waals surface area contributed by atoms with Gasteiger partial charge in [-0.2, -0.15) is 13.9 Å².